The van der Waals surface area contributed by atoms with Crippen molar-refractivity contribution in [3.8, 4) is 11.5 Å². The van der Waals surface area contributed by atoms with Crippen LogP contribution in [0.2, 0.25) is 0 Å². The maximum atomic E-state index is 12.1. The Bertz CT molecular complexity index is 524. The van der Waals surface area contributed by atoms with E-state index in [0.717, 1.165) is 17.1 Å². The zero-order valence-corrected chi connectivity index (χ0v) is 12.3. The Morgan fingerprint density at radius 2 is 2.29 bits per heavy atom. The van der Waals surface area contributed by atoms with E-state index in [1.807, 2.05) is 18.2 Å². The second-order valence-corrected chi connectivity index (χ2v) is 5.74. The van der Waals surface area contributed by atoms with Gasteiger partial charge in [-0.1, -0.05) is 12.1 Å². The number of hydrogen-bond donors (Lipinski definition) is 1. The highest BCUT2D eigenvalue weighted by atomic mass is 32.2. The molecule has 1 amide bonds. The maximum absolute atomic E-state index is 12.1. The topological polar surface area (TPSA) is 68.2 Å². The van der Waals surface area contributed by atoms with E-state index >= 15 is 0 Å². The first-order chi connectivity index (χ1) is 10.3. The van der Waals surface area contributed by atoms with E-state index in [1.165, 1.54) is 0 Å². The number of benzene rings is 1. The van der Waals surface area contributed by atoms with Crippen molar-refractivity contribution in [3.63, 3.8) is 0 Å². The molecule has 6 nitrogen and oxygen atoms in total. The quantitative estimate of drug-likeness (QED) is 0.791. The summed E-state index contributed by atoms with van der Waals surface area (Å²) < 4.78 is 16.2. The van der Waals surface area contributed by atoms with Crippen LogP contribution in [-0.2, 0) is 9.53 Å². The van der Waals surface area contributed by atoms with E-state index in [0.29, 0.717) is 18.9 Å². The Morgan fingerprint density at radius 1 is 1.38 bits per heavy atom. The lowest BCUT2D eigenvalue weighted by Crippen LogP contribution is -2.31. The molecule has 3 rings (SSSR count). The van der Waals surface area contributed by atoms with E-state index in [-0.39, 0.29) is 31.3 Å². The predicted molar refractivity (Wildman–Crippen MR) is 77.4 cm³/mol. The van der Waals surface area contributed by atoms with Crippen molar-refractivity contribution in [2.45, 2.75) is 5.37 Å². The Hall–Kier alpha value is -1.44. The van der Waals surface area contributed by atoms with Crippen LogP contribution in [0, 0.1) is 0 Å². The van der Waals surface area contributed by atoms with Crippen molar-refractivity contribution < 1.29 is 24.1 Å². The minimum atomic E-state index is -0.0770. The zero-order chi connectivity index (χ0) is 14.7. The zero-order valence-electron chi connectivity index (χ0n) is 11.5. The molecule has 0 aliphatic carbocycles. The fourth-order valence-corrected chi connectivity index (χ4v) is 3.66. The molecule has 114 valence electrons. The van der Waals surface area contributed by atoms with Gasteiger partial charge in [0.15, 0.2) is 11.5 Å². The number of amides is 1. The first kappa shape index (κ1) is 14.5. The summed E-state index contributed by atoms with van der Waals surface area (Å²) in [6.07, 6.45) is 0. The highest BCUT2D eigenvalue weighted by Crippen LogP contribution is 2.46. The number of thioether (sulfide) groups is 1. The van der Waals surface area contributed by atoms with Gasteiger partial charge in [-0.05, 0) is 6.07 Å². The Labute approximate surface area is 127 Å². The fourth-order valence-electron chi connectivity index (χ4n) is 2.43. The number of ether oxygens (including phenoxy) is 3. The van der Waals surface area contributed by atoms with Gasteiger partial charge in [0.05, 0.1) is 25.6 Å². The number of aliphatic hydroxyl groups is 1. The molecule has 0 spiro atoms. The van der Waals surface area contributed by atoms with Crippen LogP contribution < -0.4 is 9.47 Å². The van der Waals surface area contributed by atoms with Crippen molar-refractivity contribution in [1.82, 2.24) is 4.90 Å². The molecule has 0 aromatic heterocycles. The first-order valence-corrected chi connectivity index (χ1v) is 7.84. The number of hydrogen-bond acceptors (Lipinski definition) is 6. The molecule has 1 N–H and O–H groups in total. The Balaban J connectivity index is 1.74. The minimum Gasteiger partial charge on any atom is -0.454 e. The van der Waals surface area contributed by atoms with Crippen LogP contribution >= 0.6 is 11.8 Å². The van der Waals surface area contributed by atoms with Gasteiger partial charge in [-0.3, -0.25) is 4.79 Å². The third kappa shape index (κ3) is 2.95. The normalized spacial score (nSPS) is 20.3. The van der Waals surface area contributed by atoms with Gasteiger partial charge in [-0.2, -0.15) is 0 Å². The lowest BCUT2D eigenvalue weighted by molar-refractivity contribution is -0.128. The summed E-state index contributed by atoms with van der Waals surface area (Å²) in [4.78, 5) is 13.8. The van der Waals surface area contributed by atoms with Gasteiger partial charge < -0.3 is 24.2 Å². The Kier molecular flexibility index (Phi) is 4.52. The molecule has 1 unspecified atom stereocenters. The number of carbonyl (C=O) groups is 1. The third-order valence-corrected chi connectivity index (χ3v) is 4.61. The largest absolute Gasteiger partial charge is 0.454 e. The molecule has 2 heterocycles. The van der Waals surface area contributed by atoms with Gasteiger partial charge in [-0.25, -0.2) is 0 Å². The molecule has 0 radical (unpaired) electrons. The second-order valence-electron chi connectivity index (χ2n) is 4.67. The standard InChI is InChI=1S/C14H17NO5S/c16-5-7-18-6-4-15-12(17)8-21-14(15)10-2-1-3-11-13(10)20-9-19-11/h1-3,14,16H,4-9H2. The molecule has 21 heavy (non-hydrogen) atoms. The number of carbonyl (C=O) groups excluding carboxylic acids is 1. The SMILES string of the molecule is O=C1CSC(c2cccc3c2OCO3)N1CCOCCO. The molecule has 1 atom stereocenters. The van der Waals surface area contributed by atoms with E-state index in [9.17, 15) is 4.79 Å². The lowest BCUT2D eigenvalue weighted by atomic mass is 10.1. The second kappa shape index (κ2) is 6.55. The average molecular weight is 311 g/mol. The van der Waals surface area contributed by atoms with E-state index in [1.54, 1.807) is 16.7 Å². The highest BCUT2D eigenvalue weighted by Gasteiger charge is 2.35. The molecular weight excluding hydrogens is 294 g/mol. The van der Waals surface area contributed by atoms with Gasteiger partial charge in [0, 0.05) is 12.1 Å². The third-order valence-electron chi connectivity index (χ3n) is 3.37. The Morgan fingerprint density at radius 3 is 3.14 bits per heavy atom. The first-order valence-electron chi connectivity index (χ1n) is 6.79. The van der Waals surface area contributed by atoms with Gasteiger partial charge in [0.2, 0.25) is 12.7 Å². The van der Waals surface area contributed by atoms with E-state index in [4.69, 9.17) is 19.3 Å². The molecule has 2 aliphatic rings. The summed E-state index contributed by atoms with van der Waals surface area (Å²) >= 11 is 1.58. The van der Waals surface area contributed by atoms with Crippen LogP contribution in [0.5, 0.6) is 11.5 Å². The number of nitrogens with zero attached hydrogens (tertiary/aromatic N) is 1. The van der Waals surface area contributed by atoms with Crippen LogP contribution in [0.1, 0.15) is 10.9 Å². The van der Waals surface area contributed by atoms with E-state index < -0.39 is 0 Å². The number of para-hydroxylation sites is 1. The summed E-state index contributed by atoms with van der Waals surface area (Å²) in [7, 11) is 0. The van der Waals surface area contributed by atoms with Gasteiger partial charge >= 0.3 is 0 Å². The number of fused-ring (bicyclic) bond motifs is 1. The summed E-state index contributed by atoms with van der Waals surface area (Å²) in [5.74, 6) is 2.00. The van der Waals surface area contributed by atoms with Crippen molar-refractivity contribution in [1.29, 1.82) is 0 Å². The van der Waals surface area contributed by atoms with Crippen molar-refractivity contribution in [2.24, 2.45) is 0 Å². The average Bonchev–Trinajstić information content (AvgIpc) is 3.10. The molecule has 0 saturated carbocycles. The molecule has 1 fully saturated rings. The summed E-state index contributed by atoms with van der Waals surface area (Å²) in [6, 6.07) is 5.74. The smallest absolute Gasteiger partial charge is 0.233 e. The van der Waals surface area contributed by atoms with Gasteiger partial charge in [0.1, 0.15) is 5.37 Å². The molecule has 7 heteroatoms. The van der Waals surface area contributed by atoms with Crippen molar-refractivity contribution in [3.05, 3.63) is 23.8 Å². The van der Waals surface area contributed by atoms with Crippen LogP contribution in [0.3, 0.4) is 0 Å². The van der Waals surface area contributed by atoms with Crippen molar-refractivity contribution in [2.75, 3.05) is 38.9 Å². The molecule has 0 bridgehead atoms. The molecule has 1 saturated heterocycles. The van der Waals surface area contributed by atoms with Crippen LogP contribution in [0.4, 0.5) is 0 Å². The summed E-state index contributed by atoms with van der Waals surface area (Å²) in [5.41, 5.74) is 0.961. The lowest BCUT2D eigenvalue weighted by Gasteiger charge is -2.24. The number of aliphatic hydroxyl groups excluding tert-OH is 1. The number of rotatable bonds is 6. The van der Waals surface area contributed by atoms with Crippen LogP contribution in [-0.4, -0.2) is 54.8 Å². The molecule has 2 aliphatic heterocycles. The predicted octanol–water partition coefficient (Wildman–Crippen LogP) is 0.998. The highest BCUT2D eigenvalue weighted by molar-refractivity contribution is 8.00. The summed E-state index contributed by atoms with van der Waals surface area (Å²) in [6.45, 7) is 1.41. The minimum absolute atomic E-state index is 0.0104. The van der Waals surface area contributed by atoms with Gasteiger partial charge in [0.25, 0.3) is 0 Å². The fraction of sp³-hybridized carbons (Fsp3) is 0.500. The van der Waals surface area contributed by atoms with Gasteiger partial charge in [-0.15, -0.1) is 11.8 Å². The van der Waals surface area contributed by atoms with Crippen LogP contribution in [0.25, 0.3) is 0 Å². The van der Waals surface area contributed by atoms with Crippen molar-refractivity contribution >= 4 is 17.7 Å². The molecule has 1 aromatic rings. The summed E-state index contributed by atoms with van der Waals surface area (Å²) in [5, 5.41) is 8.63. The molecule has 1 aromatic carbocycles. The monoisotopic (exact) mass is 311 g/mol. The maximum Gasteiger partial charge on any atom is 0.233 e. The van der Waals surface area contributed by atoms with Crippen LogP contribution in [0.15, 0.2) is 18.2 Å². The molecular formula is C14H17NO5S. The van der Waals surface area contributed by atoms with E-state index in [2.05, 4.69) is 0 Å².